The monoisotopic (exact) mass is 306 g/mol. The van der Waals surface area contributed by atoms with E-state index in [0.717, 1.165) is 12.1 Å². The molecule has 0 aliphatic rings. The summed E-state index contributed by atoms with van der Waals surface area (Å²) in [5.74, 6) is -4.27. The van der Waals surface area contributed by atoms with Crippen molar-refractivity contribution in [3.8, 4) is 0 Å². The molecule has 1 rings (SSSR count). The minimum Gasteiger partial charge on any atom is -0.478 e. The maximum atomic E-state index is 10.7. The first-order valence-corrected chi connectivity index (χ1v) is 4.36. The van der Waals surface area contributed by atoms with Gasteiger partial charge in [0.2, 0.25) is 0 Å². The van der Waals surface area contributed by atoms with Crippen molar-refractivity contribution in [3.63, 3.8) is 0 Å². The van der Waals surface area contributed by atoms with Crippen LogP contribution in [0.5, 0.6) is 0 Å². The molecular formula is C9H6O6SZn+2. The van der Waals surface area contributed by atoms with Crippen molar-refractivity contribution >= 4 is 30.5 Å². The van der Waals surface area contributed by atoms with Crippen LogP contribution >= 0.6 is 12.6 Å². The SMILES string of the molecule is O=C(O)c1cc(C(=O)O)c(S)c(C(=O)O)c1.[Zn+2]. The molecule has 0 radical (unpaired) electrons. The smallest absolute Gasteiger partial charge is 0.478 e. The van der Waals surface area contributed by atoms with Crippen LogP contribution in [0.15, 0.2) is 17.0 Å². The van der Waals surface area contributed by atoms with Gasteiger partial charge in [0.05, 0.1) is 16.7 Å². The molecule has 6 nitrogen and oxygen atoms in total. The zero-order valence-corrected chi connectivity index (χ0v) is 12.2. The molecule has 3 N–H and O–H groups in total. The summed E-state index contributed by atoms with van der Waals surface area (Å²) in [6.07, 6.45) is 0. The third kappa shape index (κ3) is 3.28. The predicted octanol–water partition coefficient (Wildman–Crippen LogP) is 1.07. The summed E-state index contributed by atoms with van der Waals surface area (Å²) in [4.78, 5) is 31.9. The Kier molecular flexibility index (Phi) is 5.31. The van der Waals surface area contributed by atoms with Gasteiger partial charge >= 0.3 is 37.4 Å². The number of carboxylic acid groups (broad SMARTS) is 3. The molecule has 0 aromatic heterocycles. The molecule has 0 aliphatic heterocycles. The number of rotatable bonds is 3. The Morgan fingerprint density at radius 2 is 1.24 bits per heavy atom. The maximum Gasteiger partial charge on any atom is 2.00 e. The molecular weight excluding hydrogens is 302 g/mol. The summed E-state index contributed by atoms with van der Waals surface area (Å²) in [5, 5.41) is 26.2. The average Bonchev–Trinajstić information content (AvgIpc) is 2.16. The third-order valence-electron chi connectivity index (χ3n) is 1.82. The molecule has 0 atom stereocenters. The van der Waals surface area contributed by atoms with Crippen LogP contribution in [0.25, 0.3) is 0 Å². The molecule has 84 valence electrons. The van der Waals surface area contributed by atoms with E-state index in [-0.39, 0.29) is 24.4 Å². The van der Waals surface area contributed by atoms with Gasteiger partial charge in [0, 0.05) is 4.90 Å². The number of hydrogen-bond acceptors (Lipinski definition) is 4. The molecule has 0 saturated carbocycles. The zero-order valence-electron chi connectivity index (χ0n) is 8.38. The van der Waals surface area contributed by atoms with Crippen LogP contribution in [0.4, 0.5) is 0 Å². The van der Waals surface area contributed by atoms with E-state index in [2.05, 4.69) is 12.6 Å². The van der Waals surface area contributed by atoms with E-state index in [4.69, 9.17) is 15.3 Å². The first-order valence-electron chi connectivity index (χ1n) is 3.91. The number of carboxylic acids is 3. The van der Waals surface area contributed by atoms with Crippen LogP contribution in [-0.2, 0) is 19.5 Å². The van der Waals surface area contributed by atoms with Gasteiger partial charge in [-0.2, -0.15) is 0 Å². The molecule has 0 fully saturated rings. The fourth-order valence-electron chi connectivity index (χ4n) is 1.08. The van der Waals surface area contributed by atoms with Crippen LogP contribution in [0, 0.1) is 0 Å². The van der Waals surface area contributed by atoms with E-state index < -0.39 is 34.6 Å². The van der Waals surface area contributed by atoms with Gasteiger partial charge in [0.25, 0.3) is 0 Å². The topological polar surface area (TPSA) is 112 Å². The van der Waals surface area contributed by atoms with Gasteiger partial charge in [-0.3, -0.25) is 0 Å². The van der Waals surface area contributed by atoms with Crippen LogP contribution in [-0.4, -0.2) is 33.2 Å². The molecule has 0 spiro atoms. The number of benzene rings is 1. The van der Waals surface area contributed by atoms with Gasteiger partial charge in [0.15, 0.2) is 0 Å². The fraction of sp³-hybridized carbons (Fsp3) is 0. The average molecular weight is 308 g/mol. The van der Waals surface area contributed by atoms with Crippen molar-refractivity contribution in [1.82, 2.24) is 0 Å². The quantitative estimate of drug-likeness (QED) is 0.491. The molecule has 0 unspecified atom stereocenters. The molecule has 0 heterocycles. The first kappa shape index (κ1) is 15.6. The van der Waals surface area contributed by atoms with Gasteiger partial charge < -0.3 is 15.3 Å². The van der Waals surface area contributed by atoms with Crippen LogP contribution in [0.3, 0.4) is 0 Å². The minimum atomic E-state index is -1.43. The van der Waals surface area contributed by atoms with E-state index in [1.54, 1.807) is 0 Å². The molecule has 1 aromatic rings. The van der Waals surface area contributed by atoms with Crippen LogP contribution in [0.1, 0.15) is 31.1 Å². The van der Waals surface area contributed by atoms with Crippen molar-refractivity contribution < 1.29 is 49.2 Å². The minimum absolute atomic E-state index is 0. The molecule has 0 amide bonds. The standard InChI is InChI=1S/C9H6O6S.Zn/c10-7(11)3-1-4(8(12)13)6(16)5(2-3)9(14)15;/h1-2,16H,(H,10,11)(H,12,13)(H,14,15);/q;+2. The number of hydrogen-bond donors (Lipinski definition) is 4. The Balaban J connectivity index is 0.00000256. The Morgan fingerprint density at radius 1 is 0.882 bits per heavy atom. The Bertz CT molecular complexity index is 463. The second kappa shape index (κ2) is 5.79. The Labute approximate surface area is 113 Å². The van der Waals surface area contributed by atoms with E-state index in [1.807, 2.05) is 0 Å². The van der Waals surface area contributed by atoms with E-state index >= 15 is 0 Å². The molecule has 0 aliphatic carbocycles. The molecule has 17 heavy (non-hydrogen) atoms. The summed E-state index contributed by atoms with van der Waals surface area (Å²) in [7, 11) is 0. The van der Waals surface area contributed by atoms with Gasteiger partial charge in [-0.05, 0) is 12.1 Å². The second-order valence-corrected chi connectivity index (χ2v) is 3.28. The second-order valence-electron chi connectivity index (χ2n) is 2.84. The van der Waals surface area contributed by atoms with Crippen molar-refractivity contribution in [2.75, 3.05) is 0 Å². The van der Waals surface area contributed by atoms with Gasteiger partial charge in [-0.15, -0.1) is 12.6 Å². The zero-order chi connectivity index (χ0) is 12.5. The van der Waals surface area contributed by atoms with Crippen molar-refractivity contribution in [2.45, 2.75) is 4.90 Å². The maximum absolute atomic E-state index is 10.7. The Hall–Kier alpha value is -1.40. The summed E-state index contributed by atoms with van der Waals surface area (Å²) in [5.41, 5.74) is -1.33. The predicted molar refractivity (Wildman–Crippen MR) is 54.6 cm³/mol. The van der Waals surface area contributed by atoms with Gasteiger partial charge in [-0.1, -0.05) is 0 Å². The van der Waals surface area contributed by atoms with Gasteiger partial charge in [-0.25, -0.2) is 14.4 Å². The van der Waals surface area contributed by atoms with E-state index in [9.17, 15) is 14.4 Å². The fourth-order valence-corrected chi connectivity index (χ4v) is 1.40. The van der Waals surface area contributed by atoms with Crippen molar-refractivity contribution in [1.29, 1.82) is 0 Å². The summed E-state index contributed by atoms with van der Waals surface area (Å²) in [6.45, 7) is 0. The molecule has 1 aromatic carbocycles. The van der Waals surface area contributed by atoms with Gasteiger partial charge in [0.1, 0.15) is 0 Å². The first-order chi connectivity index (χ1) is 7.34. The molecule has 0 saturated heterocycles. The third-order valence-corrected chi connectivity index (χ3v) is 2.30. The summed E-state index contributed by atoms with van der Waals surface area (Å²) >= 11 is 3.75. The van der Waals surface area contributed by atoms with E-state index in [0.29, 0.717) is 0 Å². The number of thiol groups is 1. The van der Waals surface area contributed by atoms with Crippen molar-refractivity contribution in [3.05, 3.63) is 28.8 Å². The van der Waals surface area contributed by atoms with Crippen LogP contribution in [0.2, 0.25) is 0 Å². The molecule has 8 heteroatoms. The summed E-state index contributed by atoms with van der Waals surface area (Å²) < 4.78 is 0. The van der Waals surface area contributed by atoms with Crippen molar-refractivity contribution in [2.24, 2.45) is 0 Å². The Morgan fingerprint density at radius 3 is 1.47 bits per heavy atom. The molecule has 0 bridgehead atoms. The number of aromatic carboxylic acids is 3. The largest absolute Gasteiger partial charge is 2.00 e. The normalized spacial score (nSPS) is 9.24. The number of carbonyl (C=O) groups is 3. The summed E-state index contributed by atoms with van der Waals surface area (Å²) in [6, 6.07) is 1.72. The van der Waals surface area contributed by atoms with Crippen LogP contribution < -0.4 is 0 Å². The van der Waals surface area contributed by atoms with E-state index in [1.165, 1.54) is 0 Å².